The second-order valence-electron chi connectivity index (χ2n) is 5.99. The Morgan fingerprint density at radius 3 is 2.27 bits per heavy atom. The van der Waals surface area contributed by atoms with Crippen molar-refractivity contribution in [3.8, 4) is 11.5 Å². The summed E-state index contributed by atoms with van der Waals surface area (Å²) in [6, 6.07) is 3.07. The second-order valence-corrected chi connectivity index (χ2v) is 5.99. The highest BCUT2D eigenvalue weighted by Crippen LogP contribution is 2.41. The molecule has 26 heavy (non-hydrogen) atoms. The average molecular weight is 408 g/mol. The van der Waals surface area contributed by atoms with Gasteiger partial charge in [0.1, 0.15) is 0 Å². The van der Waals surface area contributed by atoms with Crippen LogP contribution in [0.1, 0.15) is 24.9 Å². The first-order valence-corrected chi connectivity index (χ1v) is 7.97. The summed E-state index contributed by atoms with van der Waals surface area (Å²) in [5.74, 6) is 0.863. The molecule has 0 radical (unpaired) electrons. The van der Waals surface area contributed by atoms with Crippen LogP contribution in [0.25, 0.3) is 0 Å². The standard InChI is InChI=1S/C17H25N3O4.2ClH/c1-12(2)9-14(19-7-5-18-6-8-19)13-10-16(23-3)17(24-4)11-15(13)20(21)22;;/h10-11,14,18H,1,5-9H2,2-4H3;2*1H/t14-;;/m1../s1. The monoisotopic (exact) mass is 407 g/mol. The molecule has 1 atom stereocenters. The van der Waals surface area contributed by atoms with E-state index in [0.717, 1.165) is 31.8 Å². The zero-order valence-electron chi connectivity index (χ0n) is 15.3. The third-order valence-corrected chi connectivity index (χ3v) is 4.22. The van der Waals surface area contributed by atoms with Gasteiger partial charge in [-0.15, -0.1) is 31.4 Å². The first-order chi connectivity index (χ1) is 11.5. The lowest BCUT2D eigenvalue weighted by Crippen LogP contribution is -2.45. The van der Waals surface area contributed by atoms with Gasteiger partial charge in [0.15, 0.2) is 11.5 Å². The van der Waals surface area contributed by atoms with E-state index in [4.69, 9.17) is 9.47 Å². The van der Waals surface area contributed by atoms with E-state index >= 15 is 0 Å². The maximum Gasteiger partial charge on any atom is 0.278 e. The van der Waals surface area contributed by atoms with E-state index in [1.807, 2.05) is 6.92 Å². The number of nitro benzene ring substituents is 1. The maximum atomic E-state index is 11.6. The number of nitro groups is 1. The Hall–Kier alpha value is -1.54. The molecule has 0 unspecified atom stereocenters. The number of rotatable bonds is 7. The third kappa shape index (κ3) is 5.74. The van der Waals surface area contributed by atoms with Crippen molar-refractivity contribution in [1.82, 2.24) is 10.2 Å². The molecular formula is C17H27Cl2N3O4. The Balaban J connectivity index is 0.00000312. The number of nitrogens with one attached hydrogen (secondary N) is 1. The Kier molecular flexibility index (Phi) is 10.6. The molecule has 0 aromatic heterocycles. The van der Waals surface area contributed by atoms with E-state index in [0.29, 0.717) is 23.5 Å². The van der Waals surface area contributed by atoms with E-state index in [-0.39, 0.29) is 41.5 Å². The van der Waals surface area contributed by atoms with Crippen molar-refractivity contribution in [3.05, 3.63) is 40.0 Å². The average Bonchev–Trinajstić information content (AvgIpc) is 2.59. The van der Waals surface area contributed by atoms with Gasteiger partial charge in [0, 0.05) is 32.2 Å². The third-order valence-electron chi connectivity index (χ3n) is 4.22. The van der Waals surface area contributed by atoms with Crippen LogP contribution in [0.3, 0.4) is 0 Å². The topological polar surface area (TPSA) is 76.9 Å². The zero-order chi connectivity index (χ0) is 17.7. The molecule has 0 amide bonds. The summed E-state index contributed by atoms with van der Waals surface area (Å²) in [6.45, 7) is 9.36. The van der Waals surface area contributed by atoms with Crippen LogP contribution in [0.15, 0.2) is 24.3 Å². The number of hydrogen-bond donors (Lipinski definition) is 1. The van der Waals surface area contributed by atoms with Crippen LogP contribution < -0.4 is 14.8 Å². The Morgan fingerprint density at radius 1 is 1.27 bits per heavy atom. The molecule has 0 bridgehead atoms. The van der Waals surface area contributed by atoms with Crippen molar-refractivity contribution in [2.24, 2.45) is 0 Å². The molecule has 1 N–H and O–H groups in total. The van der Waals surface area contributed by atoms with Crippen LogP contribution in [0.4, 0.5) is 5.69 Å². The molecule has 0 saturated carbocycles. The molecule has 1 aliphatic rings. The van der Waals surface area contributed by atoms with E-state index < -0.39 is 0 Å². The largest absolute Gasteiger partial charge is 0.493 e. The van der Waals surface area contributed by atoms with Gasteiger partial charge in [-0.25, -0.2) is 0 Å². The van der Waals surface area contributed by atoms with E-state index in [1.165, 1.54) is 20.3 Å². The van der Waals surface area contributed by atoms with Crippen molar-refractivity contribution in [3.63, 3.8) is 0 Å². The van der Waals surface area contributed by atoms with Gasteiger partial charge < -0.3 is 14.8 Å². The van der Waals surface area contributed by atoms with E-state index in [2.05, 4.69) is 16.8 Å². The van der Waals surface area contributed by atoms with Crippen LogP contribution in [-0.4, -0.2) is 50.2 Å². The van der Waals surface area contributed by atoms with E-state index in [9.17, 15) is 10.1 Å². The Labute approximate surface area is 166 Å². The minimum Gasteiger partial charge on any atom is -0.493 e. The first kappa shape index (κ1) is 24.5. The van der Waals surface area contributed by atoms with Gasteiger partial charge in [0.2, 0.25) is 0 Å². The number of ether oxygens (including phenoxy) is 2. The summed E-state index contributed by atoms with van der Waals surface area (Å²) < 4.78 is 10.6. The molecule has 0 aliphatic carbocycles. The minimum absolute atomic E-state index is 0. The lowest BCUT2D eigenvalue weighted by Gasteiger charge is -2.35. The second kappa shape index (κ2) is 11.2. The van der Waals surface area contributed by atoms with Gasteiger partial charge >= 0.3 is 0 Å². The van der Waals surface area contributed by atoms with Crippen molar-refractivity contribution >= 4 is 30.5 Å². The zero-order valence-corrected chi connectivity index (χ0v) is 17.0. The fraction of sp³-hybridized carbons (Fsp3) is 0.529. The van der Waals surface area contributed by atoms with Crippen LogP contribution in [0, 0.1) is 10.1 Å². The molecule has 1 aromatic carbocycles. The lowest BCUT2D eigenvalue weighted by atomic mass is 9.95. The van der Waals surface area contributed by atoms with Gasteiger partial charge in [0.25, 0.3) is 5.69 Å². The predicted octanol–water partition coefficient (Wildman–Crippen LogP) is 3.37. The minimum atomic E-state index is -0.356. The molecule has 7 nitrogen and oxygen atoms in total. The summed E-state index contributed by atoms with van der Waals surface area (Å²) >= 11 is 0. The quantitative estimate of drug-likeness (QED) is 0.424. The Morgan fingerprint density at radius 2 is 1.81 bits per heavy atom. The number of methoxy groups -OCH3 is 2. The highest BCUT2D eigenvalue weighted by molar-refractivity contribution is 5.85. The molecule has 0 spiro atoms. The molecule has 148 valence electrons. The molecule has 1 fully saturated rings. The molecule has 9 heteroatoms. The molecular weight excluding hydrogens is 381 g/mol. The maximum absolute atomic E-state index is 11.6. The van der Waals surface area contributed by atoms with Crippen molar-refractivity contribution < 1.29 is 14.4 Å². The first-order valence-electron chi connectivity index (χ1n) is 7.97. The summed E-state index contributed by atoms with van der Waals surface area (Å²) in [4.78, 5) is 13.5. The van der Waals surface area contributed by atoms with Crippen LogP contribution in [0.2, 0.25) is 0 Å². The number of piperazine rings is 1. The van der Waals surface area contributed by atoms with Gasteiger partial charge in [-0.3, -0.25) is 15.0 Å². The number of hydrogen-bond acceptors (Lipinski definition) is 6. The Bertz CT molecular complexity index is 622. The van der Waals surface area contributed by atoms with Crippen LogP contribution in [0.5, 0.6) is 11.5 Å². The summed E-state index contributed by atoms with van der Waals surface area (Å²) in [5, 5.41) is 14.9. The predicted molar refractivity (Wildman–Crippen MR) is 107 cm³/mol. The molecule has 1 saturated heterocycles. The number of benzene rings is 1. The highest BCUT2D eigenvalue weighted by Gasteiger charge is 2.30. The van der Waals surface area contributed by atoms with Crippen LogP contribution in [-0.2, 0) is 0 Å². The molecule has 1 heterocycles. The molecule has 1 aliphatic heterocycles. The van der Waals surface area contributed by atoms with Crippen LogP contribution >= 0.6 is 24.8 Å². The van der Waals surface area contributed by atoms with Gasteiger partial charge in [-0.2, -0.15) is 0 Å². The molecule has 2 rings (SSSR count). The van der Waals surface area contributed by atoms with Crippen molar-refractivity contribution in [2.75, 3.05) is 40.4 Å². The summed E-state index contributed by atoms with van der Waals surface area (Å²) in [5.41, 5.74) is 1.68. The summed E-state index contributed by atoms with van der Waals surface area (Å²) in [7, 11) is 3.01. The fourth-order valence-electron chi connectivity index (χ4n) is 3.07. The van der Waals surface area contributed by atoms with Crippen molar-refractivity contribution in [2.45, 2.75) is 19.4 Å². The highest BCUT2D eigenvalue weighted by atomic mass is 35.5. The summed E-state index contributed by atoms with van der Waals surface area (Å²) in [6.07, 6.45) is 0.663. The molecule has 1 aromatic rings. The number of nitrogens with zero attached hydrogens (tertiary/aromatic N) is 2. The SMILES string of the molecule is C=C(C)C[C@H](c1cc(OC)c(OC)cc1[N+](=O)[O-])N1CCNCC1.Cl.Cl. The van der Waals surface area contributed by atoms with E-state index in [1.54, 1.807) is 6.07 Å². The fourth-order valence-corrected chi connectivity index (χ4v) is 3.07. The number of halogens is 2. The lowest BCUT2D eigenvalue weighted by molar-refractivity contribution is -0.386. The van der Waals surface area contributed by atoms with Gasteiger partial charge in [0.05, 0.1) is 30.8 Å². The van der Waals surface area contributed by atoms with Gasteiger partial charge in [-0.05, 0) is 19.4 Å². The van der Waals surface area contributed by atoms with Gasteiger partial charge in [-0.1, -0.05) is 5.57 Å². The van der Waals surface area contributed by atoms with Crippen molar-refractivity contribution in [1.29, 1.82) is 0 Å². The normalized spacial score (nSPS) is 15.2. The smallest absolute Gasteiger partial charge is 0.278 e.